The maximum Gasteiger partial charge on any atom is 0.227 e. The average molecular weight is 441 g/mol. The van der Waals surface area contributed by atoms with Gasteiger partial charge in [-0.05, 0) is 37.6 Å². The van der Waals surface area contributed by atoms with Gasteiger partial charge in [0, 0.05) is 38.6 Å². The van der Waals surface area contributed by atoms with Crippen molar-refractivity contribution in [2.24, 2.45) is 0 Å². The van der Waals surface area contributed by atoms with Crippen LogP contribution in [-0.2, 0) is 9.47 Å². The molecule has 2 saturated heterocycles. The van der Waals surface area contributed by atoms with Gasteiger partial charge in [0.15, 0.2) is 0 Å². The van der Waals surface area contributed by atoms with Gasteiger partial charge in [-0.1, -0.05) is 7.43 Å². The summed E-state index contributed by atoms with van der Waals surface area (Å²) in [5.74, 6) is 1.60. The quantitative estimate of drug-likeness (QED) is 0.560. The number of nitrogens with one attached hydrogen (secondary N) is 1. The predicted octanol–water partition coefficient (Wildman–Crippen LogP) is 1.63. The number of hydrogen-bond acceptors (Lipinski definition) is 10. The van der Waals surface area contributed by atoms with Crippen molar-refractivity contribution in [2.45, 2.75) is 33.5 Å². The molecule has 2 aliphatic rings. The normalized spacial score (nSPS) is 20.6. The number of aromatic nitrogens is 4. The zero-order valence-electron chi connectivity index (χ0n) is 16.8. The van der Waals surface area contributed by atoms with E-state index in [9.17, 15) is 0 Å². The first kappa shape index (κ1) is 25.8. The van der Waals surface area contributed by atoms with Crippen LogP contribution in [0.15, 0.2) is 24.5 Å². The summed E-state index contributed by atoms with van der Waals surface area (Å²) in [5.41, 5.74) is 10.8. The van der Waals surface area contributed by atoms with Crippen molar-refractivity contribution in [3.8, 4) is 0 Å². The van der Waals surface area contributed by atoms with E-state index < -0.39 is 0 Å². The summed E-state index contributed by atoms with van der Waals surface area (Å²) in [6.07, 6.45) is 3.84. The molecule has 0 aromatic carbocycles. The molecule has 0 unspecified atom stereocenters. The van der Waals surface area contributed by atoms with Crippen molar-refractivity contribution in [1.29, 1.82) is 0 Å². The summed E-state index contributed by atoms with van der Waals surface area (Å²) in [4.78, 5) is 17.7. The number of morpholine rings is 2. The van der Waals surface area contributed by atoms with Crippen molar-refractivity contribution in [3.63, 3.8) is 0 Å². The van der Waals surface area contributed by atoms with E-state index in [1.165, 1.54) is 6.20 Å². The van der Waals surface area contributed by atoms with Crippen molar-refractivity contribution in [2.75, 3.05) is 55.8 Å². The topological polar surface area (TPSA) is 137 Å². The van der Waals surface area contributed by atoms with E-state index in [-0.39, 0.29) is 18.8 Å². The van der Waals surface area contributed by atoms with Gasteiger partial charge < -0.3 is 31.2 Å². The van der Waals surface area contributed by atoms with Gasteiger partial charge >= 0.3 is 0 Å². The molecule has 5 N–H and O–H groups in total. The standard InChI is InChI=1S/C9H14N4O.C5H11NO.C4H4ClN3.CH4/c1-7-6-13(4-5-14-7)9-11-3-2-8(10)12-9;1-5-4-6-2-3-7-5;5-4-7-2-1-3(6)8-4;/h2-3,7H,4-6H2,1H3,(H2,10,11,12);5-6H,2-4H2,1H3;1-2H,(H2,6,7,8);1H4/t7-;5-;;/m11../s1. The van der Waals surface area contributed by atoms with Crippen molar-refractivity contribution < 1.29 is 9.47 Å². The van der Waals surface area contributed by atoms with Crippen LogP contribution in [0.2, 0.25) is 5.28 Å². The minimum absolute atomic E-state index is 0. The highest BCUT2D eigenvalue weighted by Gasteiger charge is 2.18. The molecule has 2 aliphatic heterocycles. The second-order valence-corrected chi connectivity index (χ2v) is 6.88. The number of halogens is 1. The fourth-order valence-corrected chi connectivity index (χ4v) is 2.71. The highest BCUT2D eigenvalue weighted by atomic mass is 35.5. The van der Waals surface area contributed by atoms with Crippen LogP contribution in [0.1, 0.15) is 21.3 Å². The van der Waals surface area contributed by atoms with Crippen molar-refractivity contribution in [1.82, 2.24) is 25.3 Å². The second kappa shape index (κ2) is 13.9. The van der Waals surface area contributed by atoms with Gasteiger partial charge in [0.25, 0.3) is 0 Å². The van der Waals surface area contributed by atoms with Crippen LogP contribution in [0.25, 0.3) is 0 Å². The molecular formula is C19H33ClN8O2. The smallest absolute Gasteiger partial charge is 0.227 e. The lowest BCUT2D eigenvalue weighted by Gasteiger charge is -2.31. The summed E-state index contributed by atoms with van der Waals surface area (Å²) in [7, 11) is 0. The summed E-state index contributed by atoms with van der Waals surface area (Å²) >= 11 is 5.34. The zero-order valence-corrected chi connectivity index (χ0v) is 17.5. The van der Waals surface area contributed by atoms with Gasteiger partial charge in [-0.3, -0.25) is 0 Å². The monoisotopic (exact) mass is 440 g/mol. The number of rotatable bonds is 1. The molecule has 11 heteroatoms. The molecule has 10 nitrogen and oxygen atoms in total. The zero-order chi connectivity index (χ0) is 21.1. The fourth-order valence-electron chi connectivity index (χ4n) is 2.56. The summed E-state index contributed by atoms with van der Waals surface area (Å²) in [6.45, 7) is 9.40. The highest BCUT2D eigenvalue weighted by molar-refractivity contribution is 6.28. The lowest BCUT2D eigenvalue weighted by atomic mass is 10.3. The summed E-state index contributed by atoms with van der Waals surface area (Å²) < 4.78 is 10.6. The van der Waals surface area contributed by atoms with Crippen LogP contribution < -0.4 is 21.7 Å². The Morgan fingerprint density at radius 1 is 1.03 bits per heavy atom. The fraction of sp³-hybridized carbons (Fsp3) is 0.579. The van der Waals surface area contributed by atoms with Crippen LogP contribution in [-0.4, -0.2) is 71.5 Å². The molecule has 2 atom stereocenters. The molecule has 30 heavy (non-hydrogen) atoms. The Bertz CT molecular complexity index is 716. The number of anilines is 3. The van der Waals surface area contributed by atoms with Crippen LogP contribution in [0, 0.1) is 0 Å². The van der Waals surface area contributed by atoms with Crippen LogP contribution in [0.4, 0.5) is 17.6 Å². The highest BCUT2D eigenvalue weighted by Crippen LogP contribution is 2.13. The first-order valence-electron chi connectivity index (χ1n) is 9.45. The van der Waals surface area contributed by atoms with Gasteiger partial charge in [0.1, 0.15) is 11.6 Å². The Kier molecular flexibility index (Phi) is 11.9. The van der Waals surface area contributed by atoms with E-state index in [0.29, 0.717) is 23.7 Å². The maximum absolute atomic E-state index is 5.59. The number of nitrogen functional groups attached to an aromatic ring is 2. The van der Waals surface area contributed by atoms with Gasteiger partial charge in [-0.15, -0.1) is 0 Å². The van der Waals surface area contributed by atoms with Crippen LogP contribution in [0.3, 0.4) is 0 Å². The third-order valence-electron chi connectivity index (χ3n) is 3.95. The Morgan fingerprint density at radius 3 is 2.17 bits per heavy atom. The maximum atomic E-state index is 5.59. The van der Waals surface area contributed by atoms with E-state index in [1.54, 1.807) is 18.3 Å². The molecule has 2 aromatic rings. The molecule has 2 aromatic heterocycles. The molecule has 4 rings (SSSR count). The molecule has 2 fully saturated rings. The minimum Gasteiger partial charge on any atom is -0.384 e. The lowest BCUT2D eigenvalue weighted by molar-refractivity contribution is 0.0410. The van der Waals surface area contributed by atoms with Gasteiger partial charge in [-0.2, -0.15) is 4.98 Å². The molecule has 0 aliphatic carbocycles. The first-order chi connectivity index (χ1) is 13.9. The van der Waals surface area contributed by atoms with Crippen molar-refractivity contribution >= 4 is 29.2 Å². The first-order valence-corrected chi connectivity index (χ1v) is 9.83. The van der Waals surface area contributed by atoms with Gasteiger partial charge in [0.05, 0.1) is 25.4 Å². The molecule has 0 bridgehead atoms. The average Bonchev–Trinajstić information content (AvgIpc) is 2.69. The largest absolute Gasteiger partial charge is 0.384 e. The van der Waals surface area contributed by atoms with Gasteiger partial charge in [-0.25, -0.2) is 15.0 Å². The Balaban J connectivity index is 0.000000241. The number of nitrogens with two attached hydrogens (primary N) is 2. The van der Waals surface area contributed by atoms with E-state index in [4.69, 9.17) is 32.5 Å². The predicted molar refractivity (Wildman–Crippen MR) is 121 cm³/mol. The van der Waals surface area contributed by atoms with E-state index >= 15 is 0 Å². The lowest BCUT2D eigenvalue weighted by Crippen LogP contribution is -2.42. The SMILES string of the molecule is C.C[C@@H]1CN(c2nccc(N)n2)CCO1.C[C@@H]1CNCCO1.Nc1ccnc(Cl)n1. The number of nitrogens with zero attached hydrogens (tertiary/aromatic N) is 5. The molecule has 4 heterocycles. The van der Waals surface area contributed by atoms with E-state index in [1.807, 2.05) is 6.92 Å². The number of hydrogen-bond donors (Lipinski definition) is 3. The molecule has 0 radical (unpaired) electrons. The van der Waals surface area contributed by atoms with Crippen LogP contribution >= 0.6 is 11.6 Å². The Morgan fingerprint density at radius 2 is 1.70 bits per heavy atom. The molecule has 168 valence electrons. The third-order valence-corrected chi connectivity index (χ3v) is 4.13. The number of ether oxygens (including phenoxy) is 2. The molecule has 0 spiro atoms. The van der Waals surface area contributed by atoms with E-state index in [2.05, 4.69) is 37.1 Å². The molecular weight excluding hydrogens is 408 g/mol. The molecule has 0 amide bonds. The summed E-state index contributed by atoms with van der Waals surface area (Å²) in [6, 6.07) is 3.26. The Labute approximate surface area is 183 Å². The second-order valence-electron chi connectivity index (χ2n) is 6.54. The minimum atomic E-state index is 0. The van der Waals surface area contributed by atoms with Crippen LogP contribution in [0.5, 0.6) is 0 Å². The Hall–Kier alpha value is -2.27. The van der Waals surface area contributed by atoms with Crippen molar-refractivity contribution in [3.05, 3.63) is 29.8 Å². The van der Waals surface area contributed by atoms with Gasteiger partial charge in [0.2, 0.25) is 11.2 Å². The molecule has 0 saturated carbocycles. The van der Waals surface area contributed by atoms with E-state index in [0.717, 1.165) is 39.4 Å². The summed E-state index contributed by atoms with van der Waals surface area (Å²) in [5, 5.41) is 3.39. The third kappa shape index (κ3) is 9.97.